The summed E-state index contributed by atoms with van der Waals surface area (Å²) in [5.74, 6) is 0.784. The number of carbonyl (C=O) groups is 1. The van der Waals surface area contributed by atoms with Gasteiger partial charge >= 0.3 is 6.03 Å². The Hall–Kier alpha value is -3.27. The molecule has 0 bridgehead atoms. The molecular formula is C26H28N2O2. The number of urea groups is 1. The summed E-state index contributed by atoms with van der Waals surface area (Å²) in [5, 5.41) is 0. The summed E-state index contributed by atoms with van der Waals surface area (Å²) < 4.78 is 5.30. The van der Waals surface area contributed by atoms with Crippen LogP contribution in [0.2, 0.25) is 0 Å². The minimum absolute atomic E-state index is 0.0404. The molecule has 3 aromatic rings. The van der Waals surface area contributed by atoms with Crippen molar-refractivity contribution < 1.29 is 9.53 Å². The van der Waals surface area contributed by atoms with E-state index in [9.17, 15) is 4.79 Å². The van der Waals surface area contributed by atoms with Crippen molar-refractivity contribution in [2.45, 2.75) is 32.4 Å². The molecule has 1 unspecified atom stereocenters. The molecule has 4 rings (SSSR count). The number of methoxy groups -OCH3 is 1. The van der Waals surface area contributed by atoms with Gasteiger partial charge in [0.05, 0.1) is 12.6 Å². The Labute approximate surface area is 178 Å². The van der Waals surface area contributed by atoms with E-state index in [1.165, 1.54) is 11.1 Å². The number of carbonyl (C=O) groups excluding carboxylic acids is 1. The van der Waals surface area contributed by atoms with Crippen LogP contribution in [0.3, 0.4) is 0 Å². The van der Waals surface area contributed by atoms with Crippen molar-refractivity contribution in [1.82, 2.24) is 4.90 Å². The Morgan fingerprint density at radius 2 is 1.57 bits per heavy atom. The van der Waals surface area contributed by atoms with Crippen molar-refractivity contribution >= 4 is 11.7 Å². The molecule has 1 aliphatic rings. The van der Waals surface area contributed by atoms with Gasteiger partial charge in [0.1, 0.15) is 5.75 Å². The van der Waals surface area contributed by atoms with E-state index in [1.54, 1.807) is 7.11 Å². The van der Waals surface area contributed by atoms with Crippen molar-refractivity contribution in [3.8, 4) is 5.75 Å². The molecule has 0 spiro atoms. The molecular weight excluding hydrogens is 372 g/mol. The van der Waals surface area contributed by atoms with Gasteiger partial charge in [0.15, 0.2) is 0 Å². The van der Waals surface area contributed by atoms with Gasteiger partial charge in [0.25, 0.3) is 0 Å². The molecule has 1 saturated heterocycles. The van der Waals surface area contributed by atoms with Gasteiger partial charge in [-0.25, -0.2) is 4.79 Å². The molecule has 3 aromatic carbocycles. The number of aryl methyl sites for hydroxylation is 1. The van der Waals surface area contributed by atoms with Crippen molar-refractivity contribution in [3.05, 3.63) is 95.6 Å². The van der Waals surface area contributed by atoms with E-state index in [-0.39, 0.29) is 11.6 Å². The van der Waals surface area contributed by atoms with Crippen molar-refractivity contribution in [3.63, 3.8) is 0 Å². The highest BCUT2D eigenvalue weighted by molar-refractivity contribution is 5.96. The van der Waals surface area contributed by atoms with Crippen LogP contribution in [0, 0.1) is 6.92 Å². The molecule has 30 heavy (non-hydrogen) atoms. The Bertz CT molecular complexity index is 999. The first-order valence-corrected chi connectivity index (χ1v) is 10.3. The highest BCUT2D eigenvalue weighted by atomic mass is 16.5. The number of rotatable bonds is 6. The van der Waals surface area contributed by atoms with E-state index in [2.05, 4.69) is 50.2 Å². The van der Waals surface area contributed by atoms with Gasteiger partial charge in [0.2, 0.25) is 0 Å². The van der Waals surface area contributed by atoms with Crippen LogP contribution in [-0.4, -0.2) is 30.1 Å². The van der Waals surface area contributed by atoms with E-state index in [4.69, 9.17) is 4.74 Å². The predicted octanol–water partition coefficient (Wildman–Crippen LogP) is 5.45. The number of benzene rings is 3. The summed E-state index contributed by atoms with van der Waals surface area (Å²) >= 11 is 0. The van der Waals surface area contributed by atoms with Gasteiger partial charge in [-0.05, 0) is 55.7 Å². The van der Waals surface area contributed by atoms with E-state index in [0.29, 0.717) is 13.1 Å². The zero-order chi connectivity index (χ0) is 21.1. The lowest BCUT2D eigenvalue weighted by Crippen LogP contribution is -2.46. The number of ether oxygens (including phenoxy) is 1. The van der Waals surface area contributed by atoms with Crippen molar-refractivity contribution in [2.24, 2.45) is 0 Å². The third kappa shape index (κ3) is 4.04. The van der Waals surface area contributed by atoms with Crippen LogP contribution < -0.4 is 9.64 Å². The average molecular weight is 401 g/mol. The molecule has 0 saturated carbocycles. The lowest BCUT2D eigenvalue weighted by Gasteiger charge is -2.34. The zero-order valence-electron chi connectivity index (χ0n) is 17.8. The van der Waals surface area contributed by atoms with E-state index >= 15 is 0 Å². The maximum Gasteiger partial charge on any atom is 0.325 e. The molecule has 0 aliphatic carbocycles. The Kier molecular flexibility index (Phi) is 5.49. The molecule has 4 heteroatoms. The largest absolute Gasteiger partial charge is 0.497 e. The van der Waals surface area contributed by atoms with E-state index in [1.807, 2.05) is 52.3 Å². The number of nitrogens with zero attached hydrogens (tertiary/aromatic N) is 2. The van der Waals surface area contributed by atoms with Crippen LogP contribution >= 0.6 is 0 Å². The van der Waals surface area contributed by atoms with Gasteiger partial charge in [-0.15, -0.1) is 0 Å². The number of hydrogen-bond donors (Lipinski definition) is 0. The van der Waals surface area contributed by atoms with Crippen LogP contribution in [0.1, 0.15) is 23.6 Å². The first-order valence-electron chi connectivity index (χ1n) is 10.3. The summed E-state index contributed by atoms with van der Waals surface area (Å²) in [4.78, 5) is 17.5. The number of anilines is 1. The molecule has 0 aromatic heterocycles. The summed E-state index contributed by atoms with van der Waals surface area (Å²) in [6.45, 7) is 5.55. The number of amides is 2. The van der Waals surface area contributed by atoms with Crippen LogP contribution in [0.15, 0.2) is 78.9 Å². The zero-order valence-corrected chi connectivity index (χ0v) is 17.8. The Balaban J connectivity index is 1.67. The number of hydrogen-bond acceptors (Lipinski definition) is 2. The lowest BCUT2D eigenvalue weighted by atomic mass is 9.91. The van der Waals surface area contributed by atoms with Crippen LogP contribution in [0.5, 0.6) is 5.75 Å². The molecule has 1 aliphatic heterocycles. The second-order valence-electron chi connectivity index (χ2n) is 8.32. The minimum atomic E-state index is -0.351. The molecule has 4 nitrogen and oxygen atoms in total. The topological polar surface area (TPSA) is 32.8 Å². The molecule has 0 radical (unpaired) electrons. The smallest absolute Gasteiger partial charge is 0.325 e. The maximum atomic E-state index is 13.5. The van der Waals surface area contributed by atoms with Crippen LogP contribution in [0.4, 0.5) is 10.5 Å². The first kappa shape index (κ1) is 20.0. The predicted molar refractivity (Wildman–Crippen MR) is 121 cm³/mol. The molecule has 1 heterocycles. The highest BCUT2D eigenvalue weighted by Crippen LogP contribution is 2.36. The molecule has 1 fully saturated rings. The fourth-order valence-electron chi connectivity index (χ4n) is 4.28. The van der Waals surface area contributed by atoms with Crippen LogP contribution in [-0.2, 0) is 13.0 Å². The van der Waals surface area contributed by atoms with E-state index < -0.39 is 0 Å². The normalized spacial score (nSPS) is 18.7. The lowest BCUT2D eigenvalue weighted by molar-refractivity contribution is 0.218. The molecule has 0 N–H and O–H groups in total. The SMILES string of the molecule is COc1ccc(N2C(=O)N(Cc3ccccc3)CC2(C)Cc2ccc(C)cc2)cc1. The monoisotopic (exact) mass is 400 g/mol. The molecule has 1 atom stereocenters. The second-order valence-corrected chi connectivity index (χ2v) is 8.32. The van der Waals surface area contributed by atoms with Gasteiger partial charge in [-0.3, -0.25) is 4.90 Å². The fraction of sp³-hybridized carbons (Fsp3) is 0.269. The van der Waals surface area contributed by atoms with Gasteiger partial charge in [-0.1, -0.05) is 60.2 Å². The second kappa shape index (κ2) is 8.23. The van der Waals surface area contributed by atoms with Crippen LogP contribution in [0.25, 0.3) is 0 Å². The summed E-state index contributed by atoms with van der Waals surface area (Å²) in [6.07, 6.45) is 0.788. The summed E-state index contributed by atoms with van der Waals surface area (Å²) in [5.41, 5.74) is 4.15. The van der Waals surface area contributed by atoms with E-state index in [0.717, 1.165) is 23.4 Å². The summed E-state index contributed by atoms with van der Waals surface area (Å²) in [7, 11) is 1.65. The van der Waals surface area contributed by atoms with Crippen molar-refractivity contribution in [1.29, 1.82) is 0 Å². The third-order valence-electron chi connectivity index (χ3n) is 5.79. The molecule has 2 amide bonds. The molecule has 154 valence electrons. The maximum absolute atomic E-state index is 13.5. The fourth-order valence-corrected chi connectivity index (χ4v) is 4.28. The third-order valence-corrected chi connectivity index (χ3v) is 5.79. The highest BCUT2D eigenvalue weighted by Gasteiger charge is 2.47. The van der Waals surface area contributed by atoms with Crippen molar-refractivity contribution in [2.75, 3.05) is 18.6 Å². The Morgan fingerprint density at radius 3 is 2.20 bits per heavy atom. The minimum Gasteiger partial charge on any atom is -0.497 e. The van der Waals surface area contributed by atoms with Gasteiger partial charge in [0, 0.05) is 18.8 Å². The van der Waals surface area contributed by atoms with Gasteiger partial charge in [-0.2, -0.15) is 0 Å². The standard InChI is InChI=1S/C26H28N2O2/c1-20-9-11-21(12-10-20)17-26(2)19-27(18-22-7-5-4-6-8-22)25(29)28(26)23-13-15-24(30-3)16-14-23/h4-16H,17-19H2,1-3H3. The Morgan fingerprint density at radius 1 is 0.900 bits per heavy atom. The first-order chi connectivity index (χ1) is 14.5. The van der Waals surface area contributed by atoms with Gasteiger partial charge < -0.3 is 9.64 Å². The summed E-state index contributed by atoms with van der Waals surface area (Å²) in [6, 6.07) is 26.6. The average Bonchev–Trinajstić information content (AvgIpc) is 3.00. The quantitative estimate of drug-likeness (QED) is 0.551.